The molecule has 2 aromatic heterocycles. The van der Waals surface area contributed by atoms with E-state index in [2.05, 4.69) is 20.9 Å². The molecule has 0 atom stereocenters. The van der Waals surface area contributed by atoms with Crippen LogP contribution in [0.15, 0.2) is 55.0 Å². The van der Waals surface area contributed by atoms with E-state index in [9.17, 15) is 9.59 Å². The van der Waals surface area contributed by atoms with Gasteiger partial charge in [-0.25, -0.2) is 9.78 Å². The van der Waals surface area contributed by atoms with Crippen molar-refractivity contribution in [2.75, 3.05) is 16.0 Å². The van der Waals surface area contributed by atoms with Crippen molar-refractivity contribution in [1.29, 1.82) is 0 Å². The highest BCUT2D eigenvalue weighted by Crippen LogP contribution is 2.27. The maximum atomic E-state index is 12.2. The quantitative estimate of drug-likeness (QED) is 0.612. The molecule has 0 spiro atoms. The standard InChI is InChI=1S/C21H23N5O2/c27-20(13-15-3-1-2-4-15)23-16-5-7-17(8-6-16)24-21(28)25-18-9-10-19-22-11-12-26(19)14-18/h5-12,14-15H,1-4,13H2,(H,23,27)(H2,24,25,28). The molecule has 0 saturated heterocycles. The van der Waals surface area contributed by atoms with Crippen LogP contribution in [0.5, 0.6) is 0 Å². The van der Waals surface area contributed by atoms with Crippen molar-refractivity contribution >= 4 is 34.6 Å². The fraction of sp³-hybridized carbons (Fsp3) is 0.286. The van der Waals surface area contributed by atoms with E-state index in [1.807, 2.05) is 16.7 Å². The number of anilines is 3. The number of amides is 3. The number of hydrogen-bond donors (Lipinski definition) is 3. The summed E-state index contributed by atoms with van der Waals surface area (Å²) in [6.07, 6.45) is 10.7. The molecule has 2 heterocycles. The number of fused-ring (bicyclic) bond motifs is 1. The smallest absolute Gasteiger partial charge is 0.323 e. The van der Waals surface area contributed by atoms with Gasteiger partial charge in [-0.15, -0.1) is 0 Å². The fourth-order valence-electron chi connectivity index (χ4n) is 3.61. The molecule has 3 amide bonds. The molecule has 7 nitrogen and oxygen atoms in total. The number of pyridine rings is 1. The molecule has 0 unspecified atom stereocenters. The van der Waals surface area contributed by atoms with E-state index >= 15 is 0 Å². The SMILES string of the molecule is O=C(CC1CCCC1)Nc1ccc(NC(=O)Nc2ccc3nccn3c2)cc1. The van der Waals surface area contributed by atoms with Crippen LogP contribution in [0.4, 0.5) is 21.9 Å². The zero-order valence-electron chi connectivity index (χ0n) is 15.5. The number of nitrogens with zero attached hydrogens (tertiary/aromatic N) is 2. The maximum Gasteiger partial charge on any atom is 0.323 e. The predicted octanol–water partition coefficient (Wildman–Crippen LogP) is 4.50. The Morgan fingerprint density at radius 3 is 2.32 bits per heavy atom. The van der Waals surface area contributed by atoms with E-state index in [0.29, 0.717) is 23.7 Å². The maximum absolute atomic E-state index is 12.2. The Labute approximate surface area is 163 Å². The third-order valence-electron chi connectivity index (χ3n) is 5.02. The minimum Gasteiger partial charge on any atom is -0.326 e. The van der Waals surface area contributed by atoms with Gasteiger partial charge in [0.25, 0.3) is 0 Å². The van der Waals surface area contributed by atoms with Crippen molar-refractivity contribution in [3.63, 3.8) is 0 Å². The second-order valence-corrected chi connectivity index (χ2v) is 7.17. The molecule has 3 aromatic rings. The molecular weight excluding hydrogens is 354 g/mol. The van der Waals surface area contributed by atoms with Crippen LogP contribution >= 0.6 is 0 Å². The third-order valence-corrected chi connectivity index (χ3v) is 5.02. The fourth-order valence-corrected chi connectivity index (χ4v) is 3.61. The van der Waals surface area contributed by atoms with Crippen molar-refractivity contribution in [3.8, 4) is 0 Å². The Bertz CT molecular complexity index is 974. The molecule has 3 N–H and O–H groups in total. The molecule has 28 heavy (non-hydrogen) atoms. The Morgan fingerprint density at radius 1 is 0.929 bits per heavy atom. The minimum atomic E-state index is -0.336. The zero-order valence-corrected chi connectivity index (χ0v) is 15.5. The molecular formula is C21H23N5O2. The van der Waals surface area contributed by atoms with Crippen LogP contribution in [-0.4, -0.2) is 21.3 Å². The summed E-state index contributed by atoms with van der Waals surface area (Å²) >= 11 is 0. The van der Waals surface area contributed by atoms with E-state index < -0.39 is 0 Å². The van der Waals surface area contributed by atoms with Crippen LogP contribution < -0.4 is 16.0 Å². The van der Waals surface area contributed by atoms with Gasteiger partial charge in [0.2, 0.25) is 5.91 Å². The monoisotopic (exact) mass is 377 g/mol. The van der Waals surface area contributed by atoms with Crippen molar-refractivity contribution in [2.45, 2.75) is 32.1 Å². The van der Waals surface area contributed by atoms with E-state index in [-0.39, 0.29) is 11.9 Å². The molecule has 4 rings (SSSR count). The highest BCUT2D eigenvalue weighted by Gasteiger charge is 2.18. The Kier molecular flexibility index (Phi) is 5.23. The van der Waals surface area contributed by atoms with Gasteiger partial charge in [0.1, 0.15) is 5.65 Å². The lowest BCUT2D eigenvalue weighted by Gasteiger charge is -2.11. The molecule has 1 aliphatic carbocycles. The normalized spacial score (nSPS) is 14.1. The van der Waals surface area contributed by atoms with Crippen LogP contribution in [0.2, 0.25) is 0 Å². The van der Waals surface area contributed by atoms with Crippen LogP contribution in [-0.2, 0) is 4.79 Å². The van der Waals surface area contributed by atoms with E-state index in [1.165, 1.54) is 12.8 Å². The van der Waals surface area contributed by atoms with Crippen molar-refractivity contribution < 1.29 is 9.59 Å². The number of benzene rings is 1. The summed E-state index contributed by atoms with van der Waals surface area (Å²) in [5.74, 6) is 0.575. The molecule has 1 saturated carbocycles. The first-order chi connectivity index (χ1) is 13.7. The lowest BCUT2D eigenvalue weighted by molar-refractivity contribution is -0.117. The van der Waals surface area contributed by atoms with E-state index in [1.54, 1.807) is 42.7 Å². The predicted molar refractivity (Wildman–Crippen MR) is 109 cm³/mol. The van der Waals surface area contributed by atoms with Crippen LogP contribution in [0.3, 0.4) is 0 Å². The molecule has 1 aliphatic rings. The van der Waals surface area contributed by atoms with Gasteiger partial charge in [0.15, 0.2) is 0 Å². The zero-order chi connectivity index (χ0) is 19.3. The second-order valence-electron chi connectivity index (χ2n) is 7.17. The summed E-state index contributed by atoms with van der Waals surface area (Å²) in [6.45, 7) is 0. The lowest BCUT2D eigenvalue weighted by Crippen LogP contribution is -2.19. The summed E-state index contributed by atoms with van der Waals surface area (Å²) in [5, 5.41) is 8.50. The van der Waals surface area contributed by atoms with Gasteiger partial charge in [0, 0.05) is 36.4 Å². The van der Waals surface area contributed by atoms with Crippen molar-refractivity contribution in [1.82, 2.24) is 9.38 Å². The van der Waals surface area contributed by atoms with Gasteiger partial charge in [0.05, 0.1) is 5.69 Å². The Morgan fingerprint density at radius 2 is 1.57 bits per heavy atom. The van der Waals surface area contributed by atoms with Crippen LogP contribution in [0.1, 0.15) is 32.1 Å². The average molecular weight is 377 g/mol. The number of rotatable bonds is 5. The Balaban J connectivity index is 1.29. The molecule has 1 aromatic carbocycles. The number of carbonyl (C=O) groups is 2. The Hall–Kier alpha value is -3.35. The number of imidazole rings is 1. The second kappa shape index (κ2) is 8.12. The lowest BCUT2D eigenvalue weighted by atomic mass is 10.0. The molecule has 1 fully saturated rings. The highest BCUT2D eigenvalue weighted by molar-refractivity contribution is 6.00. The first-order valence-corrected chi connectivity index (χ1v) is 9.56. The van der Waals surface area contributed by atoms with Crippen LogP contribution in [0.25, 0.3) is 5.65 Å². The molecule has 0 aliphatic heterocycles. The summed E-state index contributed by atoms with van der Waals surface area (Å²) < 4.78 is 1.83. The highest BCUT2D eigenvalue weighted by atomic mass is 16.2. The van der Waals surface area contributed by atoms with Gasteiger partial charge in [-0.05, 0) is 55.2 Å². The van der Waals surface area contributed by atoms with E-state index in [0.717, 1.165) is 24.2 Å². The van der Waals surface area contributed by atoms with Crippen LogP contribution in [0, 0.1) is 5.92 Å². The van der Waals surface area contributed by atoms with Gasteiger partial charge in [-0.2, -0.15) is 0 Å². The van der Waals surface area contributed by atoms with Gasteiger partial charge < -0.3 is 20.4 Å². The molecule has 7 heteroatoms. The van der Waals surface area contributed by atoms with Crippen molar-refractivity contribution in [3.05, 3.63) is 55.0 Å². The summed E-state index contributed by atoms with van der Waals surface area (Å²) in [5.41, 5.74) is 2.87. The molecule has 0 bridgehead atoms. The first-order valence-electron chi connectivity index (χ1n) is 9.56. The first kappa shape index (κ1) is 18.0. The number of urea groups is 1. The van der Waals surface area contributed by atoms with Gasteiger partial charge in [-0.1, -0.05) is 12.8 Å². The van der Waals surface area contributed by atoms with Gasteiger partial charge >= 0.3 is 6.03 Å². The number of nitrogens with one attached hydrogen (secondary N) is 3. The van der Waals surface area contributed by atoms with E-state index in [4.69, 9.17) is 0 Å². The number of aromatic nitrogens is 2. The number of carbonyl (C=O) groups excluding carboxylic acids is 2. The minimum absolute atomic E-state index is 0.0558. The summed E-state index contributed by atoms with van der Waals surface area (Å²) in [4.78, 5) is 28.5. The average Bonchev–Trinajstić information content (AvgIpc) is 3.34. The topological polar surface area (TPSA) is 87.5 Å². The summed E-state index contributed by atoms with van der Waals surface area (Å²) in [7, 11) is 0. The largest absolute Gasteiger partial charge is 0.326 e. The molecule has 0 radical (unpaired) electrons. The van der Waals surface area contributed by atoms with Crippen molar-refractivity contribution in [2.24, 2.45) is 5.92 Å². The van der Waals surface area contributed by atoms with Gasteiger partial charge in [-0.3, -0.25) is 4.79 Å². The molecule has 144 valence electrons. The third kappa shape index (κ3) is 4.49. The summed E-state index contributed by atoms with van der Waals surface area (Å²) in [6, 6.07) is 10.4. The number of hydrogen-bond acceptors (Lipinski definition) is 3.